The van der Waals surface area contributed by atoms with Crippen molar-refractivity contribution in [3.8, 4) is 0 Å². The normalized spacial score (nSPS) is 17.7. The number of nitrogens with zero attached hydrogens (tertiary/aromatic N) is 2. The predicted octanol–water partition coefficient (Wildman–Crippen LogP) is 0.252. The van der Waals surface area contributed by atoms with E-state index in [1.165, 1.54) is 18.5 Å². The second-order valence-corrected chi connectivity index (χ2v) is 4.11. The van der Waals surface area contributed by atoms with Crippen molar-refractivity contribution in [1.29, 1.82) is 0 Å². The van der Waals surface area contributed by atoms with Crippen LogP contribution in [0.3, 0.4) is 0 Å². The number of nitrogens with two attached hydrogens (primary N) is 1. The van der Waals surface area contributed by atoms with Crippen LogP contribution >= 0.6 is 0 Å². The van der Waals surface area contributed by atoms with Gasteiger partial charge in [-0.1, -0.05) is 0 Å². The van der Waals surface area contributed by atoms with Crippen molar-refractivity contribution in [3.63, 3.8) is 0 Å². The zero-order chi connectivity index (χ0) is 11.0. The average Bonchev–Trinajstić information content (AvgIpc) is 2.92. The maximum Gasteiger partial charge on any atom is 0.320 e. The summed E-state index contributed by atoms with van der Waals surface area (Å²) >= 11 is 0. The molecule has 2 rings (SSSR count). The number of carboxylic acid groups (broad SMARTS) is 1. The number of hydrogen-bond acceptors (Lipinski definition) is 3. The van der Waals surface area contributed by atoms with Crippen LogP contribution in [0, 0.1) is 0 Å². The molecular weight excluding hydrogens is 194 g/mol. The second kappa shape index (κ2) is 3.66. The summed E-state index contributed by atoms with van der Waals surface area (Å²) in [6, 6.07) is 1.12. The first-order chi connectivity index (χ1) is 7.08. The largest absolute Gasteiger partial charge is 0.480 e. The van der Waals surface area contributed by atoms with Gasteiger partial charge in [0.25, 0.3) is 0 Å². The lowest BCUT2D eigenvalue weighted by Gasteiger charge is -2.01. The van der Waals surface area contributed by atoms with E-state index in [2.05, 4.69) is 5.10 Å². The lowest BCUT2D eigenvalue weighted by atomic mass is 10.1. The molecule has 82 valence electrons. The number of hydrogen-bond donors (Lipinski definition) is 2. The molecule has 1 saturated carbocycles. The van der Waals surface area contributed by atoms with E-state index in [1.807, 2.05) is 17.8 Å². The number of aromatic nitrogens is 2. The number of rotatable bonds is 4. The standard InChI is InChI=1S/C10H15N3O2/c1-13-9(6-2-3-6)5-7(12-13)4-8(11)10(14)15/h5-6,8H,2-4,11H2,1H3,(H,14,15). The minimum Gasteiger partial charge on any atom is -0.480 e. The highest BCUT2D eigenvalue weighted by molar-refractivity contribution is 5.73. The Morgan fingerprint density at radius 2 is 2.47 bits per heavy atom. The van der Waals surface area contributed by atoms with E-state index in [0.29, 0.717) is 12.3 Å². The summed E-state index contributed by atoms with van der Waals surface area (Å²) in [5.74, 6) is -0.356. The highest BCUT2D eigenvalue weighted by Gasteiger charge is 2.27. The van der Waals surface area contributed by atoms with Gasteiger partial charge in [-0.05, 0) is 18.9 Å². The fraction of sp³-hybridized carbons (Fsp3) is 0.600. The molecule has 0 aromatic carbocycles. The van der Waals surface area contributed by atoms with Gasteiger partial charge in [0.2, 0.25) is 0 Å². The summed E-state index contributed by atoms with van der Waals surface area (Å²) in [6.07, 6.45) is 2.73. The number of carboxylic acids is 1. The van der Waals surface area contributed by atoms with Crippen LogP contribution in [0.25, 0.3) is 0 Å². The third kappa shape index (κ3) is 2.18. The Hall–Kier alpha value is -1.36. The summed E-state index contributed by atoms with van der Waals surface area (Å²) in [5.41, 5.74) is 7.42. The van der Waals surface area contributed by atoms with Crippen LogP contribution < -0.4 is 5.73 Å². The highest BCUT2D eigenvalue weighted by Crippen LogP contribution is 2.39. The Kier molecular flexibility index (Phi) is 2.48. The van der Waals surface area contributed by atoms with E-state index in [9.17, 15) is 4.79 Å². The first-order valence-corrected chi connectivity index (χ1v) is 5.09. The first-order valence-electron chi connectivity index (χ1n) is 5.09. The third-order valence-corrected chi connectivity index (χ3v) is 2.71. The zero-order valence-electron chi connectivity index (χ0n) is 8.68. The van der Waals surface area contributed by atoms with Gasteiger partial charge in [-0.3, -0.25) is 9.48 Å². The minimum absolute atomic E-state index is 0.301. The van der Waals surface area contributed by atoms with Crippen LogP contribution in [-0.2, 0) is 18.3 Å². The third-order valence-electron chi connectivity index (χ3n) is 2.71. The fourth-order valence-corrected chi connectivity index (χ4v) is 1.72. The molecule has 1 unspecified atom stereocenters. The SMILES string of the molecule is Cn1nc(CC(N)C(=O)O)cc1C1CC1. The van der Waals surface area contributed by atoms with Crippen molar-refractivity contribution in [3.05, 3.63) is 17.5 Å². The Balaban J connectivity index is 2.08. The van der Waals surface area contributed by atoms with Gasteiger partial charge in [0, 0.05) is 25.1 Å². The Morgan fingerprint density at radius 3 is 3.00 bits per heavy atom. The lowest BCUT2D eigenvalue weighted by Crippen LogP contribution is -2.32. The van der Waals surface area contributed by atoms with Gasteiger partial charge in [0.05, 0.1) is 5.69 Å². The number of aryl methyl sites for hydroxylation is 1. The Labute approximate surface area is 87.9 Å². The predicted molar refractivity (Wildman–Crippen MR) is 54.5 cm³/mol. The monoisotopic (exact) mass is 209 g/mol. The molecule has 5 nitrogen and oxygen atoms in total. The van der Waals surface area contributed by atoms with Crippen molar-refractivity contribution >= 4 is 5.97 Å². The molecular formula is C10H15N3O2. The summed E-state index contributed by atoms with van der Waals surface area (Å²) in [5, 5.41) is 12.9. The average molecular weight is 209 g/mol. The highest BCUT2D eigenvalue weighted by atomic mass is 16.4. The van der Waals surface area contributed by atoms with Crippen LogP contribution in [0.2, 0.25) is 0 Å². The second-order valence-electron chi connectivity index (χ2n) is 4.11. The van der Waals surface area contributed by atoms with Crippen LogP contribution in [0.5, 0.6) is 0 Å². The Morgan fingerprint density at radius 1 is 1.80 bits per heavy atom. The van der Waals surface area contributed by atoms with E-state index >= 15 is 0 Å². The van der Waals surface area contributed by atoms with E-state index in [4.69, 9.17) is 10.8 Å². The molecule has 15 heavy (non-hydrogen) atoms. The van der Waals surface area contributed by atoms with Crippen molar-refractivity contribution in [2.45, 2.75) is 31.2 Å². The topological polar surface area (TPSA) is 81.1 Å². The van der Waals surface area contributed by atoms with Crippen LogP contribution in [-0.4, -0.2) is 26.9 Å². The maximum absolute atomic E-state index is 10.6. The number of carbonyl (C=O) groups is 1. The fourth-order valence-electron chi connectivity index (χ4n) is 1.72. The summed E-state index contributed by atoms with van der Waals surface area (Å²) in [6.45, 7) is 0. The zero-order valence-corrected chi connectivity index (χ0v) is 8.68. The summed E-state index contributed by atoms with van der Waals surface area (Å²) < 4.78 is 1.83. The van der Waals surface area contributed by atoms with E-state index in [0.717, 1.165) is 5.69 Å². The van der Waals surface area contributed by atoms with Crippen molar-refractivity contribution < 1.29 is 9.90 Å². The lowest BCUT2D eigenvalue weighted by molar-refractivity contribution is -0.138. The van der Waals surface area contributed by atoms with Gasteiger partial charge in [0.1, 0.15) is 6.04 Å². The molecule has 5 heteroatoms. The van der Waals surface area contributed by atoms with Gasteiger partial charge in [-0.2, -0.15) is 5.10 Å². The molecule has 1 aliphatic rings. The van der Waals surface area contributed by atoms with Crippen LogP contribution in [0.15, 0.2) is 6.07 Å². The van der Waals surface area contributed by atoms with Gasteiger partial charge < -0.3 is 10.8 Å². The van der Waals surface area contributed by atoms with E-state index in [-0.39, 0.29) is 0 Å². The van der Waals surface area contributed by atoms with E-state index in [1.54, 1.807) is 0 Å². The molecule has 0 saturated heterocycles. The van der Waals surface area contributed by atoms with Crippen molar-refractivity contribution in [2.24, 2.45) is 12.8 Å². The number of aliphatic carboxylic acids is 1. The van der Waals surface area contributed by atoms with Crippen molar-refractivity contribution in [1.82, 2.24) is 9.78 Å². The van der Waals surface area contributed by atoms with E-state index < -0.39 is 12.0 Å². The Bertz CT molecular complexity index is 382. The van der Waals surface area contributed by atoms with Crippen LogP contribution in [0.4, 0.5) is 0 Å². The molecule has 1 aromatic rings. The summed E-state index contributed by atoms with van der Waals surface area (Å²) in [4.78, 5) is 10.6. The molecule has 0 aliphatic heterocycles. The van der Waals surface area contributed by atoms with Gasteiger partial charge in [-0.25, -0.2) is 0 Å². The maximum atomic E-state index is 10.6. The van der Waals surface area contributed by atoms with Gasteiger partial charge in [-0.15, -0.1) is 0 Å². The molecule has 3 N–H and O–H groups in total. The van der Waals surface area contributed by atoms with Gasteiger partial charge >= 0.3 is 5.97 Å². The first kappa shape index (κ1) is 10.2. The van der Waals surface area contributed by atoms with Gasteiger partial charge in [0.15, 0.2) is 0 Å². The molecule has 0 bridgehead atoms. The molecule has 0 spiro atoms. The molecule has 0 radical (unpaired) electrons. The van der Waals surface area contributed by atoms with Crippen LogP contribution in [0.1, 0.15) is 30.1 Å². The van der Waals surface area contributed by atoms with Crippen molar-refractivity contribution in [2.75, 3.05) is 0 Å². The summed E-state index contributed by atoms with van der Waals surface area (Å²) in [7, 11) is 1.89. The smallest absolute Gasteiger partial charge is 0.320 e. The molecule has 1 fully saturated rings. The molecule has 0 amide bonds. The quantitative estimate of drug-likeness (QED) is 0.745. The minimum atomic E-state index is -0.978. The molecule has 1 heterocycles. The molecule has 1 aromatic heterocycles. The molecule has 1 aliphatic carbocycles. The molecule has 1 atom stereocenters.